The molecular formula is C26H59NO4Si2. The Morgan fingerprint density at radius 3 is 1.24 bits per heavy atom. The van der Waals surface area contributed by atoms with Crippen molar-refractivity contribution in [2.45, 2.75) is 168 Å². The third-order valence-electron chi connectivity index (χ3n) is 6.21. The van der Waals surface area contributed by atoms with E-state index in [0.29, 0.717) is 0 Å². The first-order chi connectivity index (χ1) is 15.1. The molecule has 0 saturated carbocycles. The molecule has 0 saturated heterocycles. The minimum Gasteiger partial charge on any atom is -0.417 e. The lowest BCUT2D eigenvalue weighted by atomic mass is 9.91. The maximum absolute atomic E-state index is 6.87. The molecule has 0 fully saturated rings. The molecule has 5 nitrogen and oxygen atoms in total. The van der Waals surface area contributed by atoms with E-state index < -0.39 is 25.1 Å². The molecule has 0 aliphatic carbocycles. The molecule has 0 aliphatic rings. The van der Waals surface area contributed by atoms with Crippen molar-refractivity contribution in [2.24, 2.45) is 5.73 Å². The summed E-state index contributed by atoms with van der Waals surface area (Å²) in [5.41, 5.74) is 6.41. The number of hydrogen-bond acceptors (Lipinski definition) is 5. The first-order valence-corrected chi connectivity index (χ1v) is 16.3. The molecular weight excluding hydrogens is 446 g/mol. The standard InChI is InChI=1S/C26H59NO4Si2/c1-12-14-16-18-22(32-30-24(5,6)7)28-20(3)26(11,27)21(4)29-23(19-17-15-13-2)33-31-25(8,9)10/h20-23H,12-19,27,32-33H2,1-11H3. The Kier molecular flexibility index (Phi) is 16.2. The van der Waals surface area contributed by atoms with Gasteiger partial charge in [0.15, 0.2) is 19.5 Å². The van der Waals surface area contributed by atoms with Crippen molar-refractivity contribution in [1.29, 1.82) is 0 Å². The fourth-order valence-corrected chi connectivity index (χ4v) is 6.53. The molecule has 0 aromatic heterocycles. The van der Waals surface area contributed by atoms with Gasteiger partial charge in [0.05, 0.1) is 29.2 Å². The summed E-state index contributed by atoms with van der Waals surface area (Å²) in [5, 5.41) is 0. The van der Waals surface area contributed by atoms with Crippen LogP contribution in [0.2, 0.25) is 0 Å². The zero-order chi connectivity index (χ0) is 25.7. The van der Waals surface area contributed by atoms with Gasteiger partial charge in [-0.2, -0.15) is 0 Å². The first kappa shape index (κ1) is 33.2. The highest BCUT2D eigenvalue weighted by Gasteiger charge is 2.37. The number of hydrogen-bond donors (Lipinski definition) is 1. The van der Waals surface area contributed by atoms with Crippen molar-refractivity contribution in [3.63, 3.8) is 0 Å². The third-order valence-corrected chi connectivity index (χ3v) is 10.2. The van der Waals surface area contributed by atoms with E-state index >= 15 is 0 Å². The van der Waals surface area contributed by atoms with Gasteiger partial charge < -0.3 is 24.1 Å². The monoisotopic (exact) mass is 505 g/mol. The number of ether oxygens (including phenoxy) is 2. The van der Waals surface area contributed by atoms with Gasteiger partial charge in [0.1, 0.15) is 0 Å². The fourth-order valence-electron chi connectivity index (χ4n) is 3.51. The van der Waals surface area contributed by atoms with Crippen molar-refractivity contribution in [2.75, 3.05) is 0 Å². The largest absolute Gasteiger partial charge is 0.417 e. The Morgan fingerprint density at radius 1 is 0.636 bits per heavy atom. The van der Waals surface area contributed by atoms with E-state index in [1.165, 1.54) is 38.5 Å². The van der Waals surface area contributed by atoms with Crippen LogP contribution in [0, 0.1) is 0 Å². The molecule has 2 N–H and O–H groups in total. The average molecular weight is 506 g/mol. The molecule has 4 unspecified atom stereocenters. The normalized spacial score (nSPS) is 19.3. The summed E-state index contributed by atoms with van der Waals surface area (Å²) < 4.78 is 25.6. The summed E-state index contributed by atoms with van der Waals surface area (Å²) in [6.45, 7) is 23.5. The highest BCUT2D eigenvalue weighted by Crippen LogP contribution is 2.24. The number of unbranched alkanes of at least 4 members (excludes halogenated alkanes) is 4. The van der Waals surface area contributed by atoms with Gasteiger partial charge in [0, 0.05) is 11.2 Å². The van der Waals surface area contributed by atoms with Crippen molar-refractivity contribution >= 4 is 19.5 Å². The summed E-state index contributed by atoms with van der Waals surface area (Å²) in [6.07, 6.45) is 9.12. The third kappa shape index (κ3) is 16.5. The summed E-state index contributed by atoms with van der Waals surface area (Å²) in [5.74, 6) is 0. The summed E-state index contributed by atoms with van der Waals surface area (Å²) >= 11 is 0. The van der Waals surface area contributed by atoms with Gasteiger partial charge in [0.25, 0.3) is 0 Å². The van der Waals surface area contributed by atoms with Crippen LogP contribution in [0.4, 0.5) is 0 Å². The van der Waals surface area contributed by atoms with Gasteiger partial charge in [-0.15, -0.1) is 0 Å². The van der Waals surface area contributed by atoms with Crippen molar-refractivity contribution in [3.8, 4) is 0 Å². The van der Waals surface area contributed by atoms with Gasteiger partial charge in [-0.3, -0.25) is 0 Å². The molecule has 0 aromatic carbocycles. The minimum absolute atomic E-state index is 0.114. The van der Waals surface area contributed by atoms with Crippen molar-refractivity contribution < 1.29 is 18.3 Å². The zero-order valence-corrected chi connectivity index (χ0v) is 26.9. The summed E-state index contributed by atoms with van der Waals surface area (Å²) in [7, 11) is -1.65. The molecule has 200 valence electrons. The van der Waals surface area contributed by atoms with E-state index in [1.54, 1.807) is 0 Å². The van der Waals surface area contributed by atoms with Crippen LogP contribution in [-0.2, 0) is 18.3 Å². The summed E-state index contributed by atoms with van der Waals surface area (Å²) in [4.78, 5) is 0. The minimum atomic E-state index is -0.824. The Hall–Kier alpha value is 0.234. The van der Waals surface area contributed by atoms with E-state index in [9.17, 15) is 0 Å². The molecule has 0 amide bonds. The van der Waals surface area contributed by atoms with Gasteiger partial charge >= 0.3 is 0 Å². The Morgan fingerprint density at radius 2 is 0.970 bits per heavy atom. The lowest BCUT2D eigenvalue weighted by Gasteiger charge is -2.40. The predicted molar refractivity (Wildman–Crippen MR) is 148 cm³/mol. The van der Waals surface area contributed by atoms with Crippen LogP contribution in [0.25, 0.3) is 0 Å². The van der Waals surface area contributed by atoms with Crippen LogP contribution < -0.4 is 5.73 Å². The van der Waals surface area contributed by atoms with E-state index in [2.05, 4.69) is 76.2 Å². The molecule has 0 radical (unpaired) electrons. The molecule has 0 rings (SSSR count). The molecule has 0 heterocycles. The highest BCUT2D eigenvalue weighted by atomic mass is 28.2. The van der Waals surface area contributed by atoms with Gasteiger partial charge in [-0.25, -0.2) is 0 Å². The molecule has 0 bridgehead atoms. The topological polar surface area (TPSA) is 62.9 Å². The van der Waals surface area contributed by atoms with Crippen molar-refractivity contribution in [1.82, 2.24) is 0 Å². The Labute approximate surface area is 211 Å². The van der Waals surface area contributed by atoms with E-state index in [4.69, 9.17) is 24.1 Å². The van der Waals surface area contributed by atoms with Crippen LogP contribution in [0.1, 0.15) is 128 Å². The Balaban J connectivity index is 5.13. The van der Waals surface area contributed by atoms with Gasteiger partial charge in [-0.05, 0) is 75.2 Å². The van der Waals surface area contributed by atoms with E-state index in [-0.39, 0.29) is 34.9 Å². The molecule has 7 heteroatoms. The predicted octanol–water partition coefficient (Wildman–Crippen LogP) is 5.12. The van der Waals surface area contributed by atoms with E-state index in [1.807, 2.05) is 0 Å². The van der Waals surface area contributed by atoms with Gasteiger partial charge in [-0.1, -0.05) is 52.4 Å². The van der Waals surface area contributed by atoms with Crippen LogP contribution in [0.15, 0.2) is 0 Å². The smallest absolute Gasteiger partial charge is 0.191 e. The molecule has 0 aromatic rings. The van der Waals surface area contributed by atoms with Crippen molar-refractivity contribution in [3.05, 3.63) is 0 Å². The SMILES string of the molecule is CCCCCC(OC(C)C(C)(N)C(C)OC(CCCCC)[SiH2]OC(C)(C)C)[SiH2]OC(C)(C)C. The maximum atomic E-state index is 6.87. The average Bonchev–Trinajstić information content (AvgIpc) is 2.68. The quantitative estimate of drug-likeness (QED) is 0.207. The van der Waals surface area contributed by atoms with E-state index in [0.717, 1.165) is 12.8 Å². The molecule has 0 aliphatic heterocycles. The first-order valence-electron chi connectivity index (χ1n) is 13.5. The molecule has 33 heavy (non-hydrogen) atoms. The number of rotatable bonds is 18. The zero-order valence-electron chi connectivity index (χ0n) is 24.1. The van der Waals surface area contributed by atoms with Crippen LogP contribution in [-0.4, -0.2) is 59.9 Å². The van der Waals surface area contributed by atoms with Crippen LogP contribution >= 0.6 is 0 Å². The molecule has 4 atom stereocenters. The second kappa shape index (κ2) is 16.1. The Bertz CT molecular complexity index is 450. The number of nitrogens with two attached hydrogens (primary N) is 1. The van der Waals surface area contributed by atoms with Crippen LogP contribution in [0.3, 0.4) is 0 Å². The maximum Gasteiger partial charge on any atom is 0.191 e. The highest BCUT2D eigenvalue weighted by molar-refractivity contribution is 6.29. The fraction of sp³-hybridized carbons (Fsp3) is 1.00. The lowest BCUT2D eigenvalue weighted by molar-refractivity contribution is -0.0863. The van der Waals surface area contributed by atoms with Crippen LogP contribution in [0.5, 0.6) is 0 Å². The molecule has 0 spiro atoms. The second-order valence-corrected chi connectivity index (χ2v) is 15.1. The summed E-state index contributed by atoms with van der Waals surface area (Å²) in [6, 6.07) is 0. The lowest BCUT2D eigenvalue weighted by Crippen LogP contribution is -2.59. The van der Waals surface area contributed by atoms with Gasteiger partial charge in [0.2, 0.25) is 0 Å². The second-order valence-electron chi connectivity index (χ2n) is 12.0.